The summed E-state index contributed by atoms with van der Waals surface area (Å²) in [6.45, 7) is 6.18. The number of imidazole rings is 1. The van der Waals surface area contributed by atoms with Gasteiger partial charge < -0.3 is 29.3 Å². The number of carbonyl (C=O) groups excluding carboxylic acids is 3. The van der Waals surface area contributed by atoms with Gasteiger partial charge in [0.1, 0.15) is 11.5 Å². The van der Waals surface area contributed by atoms with Gasteiger partial charge in [-0.1, -0.05) is 6.07 Å². The van der Waals surface area contributed by atoms with Crippen LogP contribution in [0.5, 0.6) is 0 Å². The summed E-state index contributed by atoms with van der Waals surface area (Å²) in [6, 6.07) is 5.97. The van der Waals surface area contributed by atoms with Crippen LogP contribution in [0.25, 0.3) is 0 Å². The second kappa shape index (κ2) is 11.8. The Morgan fingerprint density at radius 3 is 2.49 bits per heavy atom. The SMILES string of the molecule is CCOC(=O)c1nc(NC(=O)c2csc(C3CCN(C(=O)N4CCN(c5ccccn5)CC4)CC3)n2)cn1C. The van der Waals surface area contributed by atoms with Gasteiger partial charge in [-0.3, -0.25) is 4.79 Å². The number of likely N-dealkylation sites (tertiary alicyclic amines) is 1. The third kappa shape index (κ3) is 6.03. The standard InChI is InChI=1S/C26H32N8O4S/c1-3-38-25(36)22-29-20(16-31(22)2)30-23(35)19-17-39-24(28-19)18-7-10-33(11-8-18)26(37)34-14-12-32(13-15-34)21-6-4-5-9-27-21/h4-6,9,16-18H,3,7-8,10-15H2,1-2H3,(H,30,35). The van der Waals surface area contributed by atoms with Gasteiger partial charge in [0.2, 0.25) is 5.82 Å². The van der Waals surface area contributed by atoms with Crippen molar-refractivity contribution in [3.63, 3.8) is 0 Å². The van der Waals surface area contributed by atoms with E-state index in [1.165, 1.54) is 15.9 Å². The second-order valence-electron chi connectivity index (χ2n) is 9.51. The van der Waals surface area contributed by atoms with Crippen molar-refractivity contribution in [1.29, 1.82) is 0 Å². The normalized spacial score (nSPS) is 16.3. The zero-order chi connectivity index (χ0) is 27.4. The highest BCUT2D eigenvalue weighted by atomic mass is 32.1. The number of hydrogen-bond donors (Lipinski definition) is 1. The van der Waals surface area contributed by atoms with Crippen LogP contribution in [-0.2, 0) is 11.8 Å². The van der Waals surface area contributed by atoms with Gasteiger partial charge in [0.15, 0.2) is 5.82 Å². The van der Waals surface area contributed by atoms with E-state index in [4.69, 9.17) is 4.74 Å². The number of thiazole rings is 1. The summed E-state index contributed by atoms with van der Waals surface area (Å²) in [5.41, 5.74) is 0.308. The number of piperidine rings is 1. The maximum absolute atomic E-state index is 13.1. The van der Waals surface area contributed by atoms with Crippen LogP contribution in [0.4, 0.5) is 16.4 Å². The molecule has 3 aromatic rings. The molecule has 13 heteroatoms. The zero-order valence-electron chi connectivity index (χ0n) is 22.1. The van der Waals surface area contributed by atoms with E-state index in [0.29, 0.717) is 31.9 Å². The maximum Gasteiger partial charge on any atom is 0.374 e. The van der Waals surface area contributed by atoms with E-state index in [9.17, 15) is 14.4 Å². The monoisotopic (exact) mass is 552 g/mol. The molecule has 0 radical (unpaired) electrons. The number of aryl methyl sites for hydroxylation is 1. The number of piperazine rings is 1. The van der Waals surface area contributed by atoms with Crippen LogP contribution in [0.15, 0.2) is 36.0 Å². The smallest absolute Gasteiger partial charge is 0.374 e. The number of urea groups is 1. The van der Waals surface area contributed by atoms with Crippen LogP contribution < -0.4 is 10.2 Å². The lowest BCUT2D eigenvalue weighted by atomic mass is 9.98. The first kappa shape index (κ1) is 26.6. The highest BCUT2D eigenvalue weighted by Crippen LogP contribution is 2.31. The molecule has 5 rings (SSSR count). The van der Waals surface area contributed by atoms with Crippen molar-refractivity contribution in [1.82, 2.24) is 29.3 Å². The minimum absolute atomic E-state index is 0.0888. The van der Waals surface area contributed by atoms with E-state index in [0.717, 1.165) is 36.8 Å². The average Bonchev–Trinajstić information content (AvgIpc) is 3.61. The molecule has 3 amide bonds. The van der Waals surface area contributed by atoms with E-state index in [2.05, 4.69) is 25.2 Å². The molecule has 3 aromatic heterocycles. The minimum Gasteiger partial charge on any atom is -0.460 e. The van der Waals surface area contributed by atoms with E-state index in [1.807, 2.05) is 28.0 Å². The van der Waals surface area contributed by atoms with Crippen molar-refractivity contribution in [3.05, 3.63) is 52.5 Å². The number of esters is 1. The Hall–Kier alpha value is -4.00. The maximum atomic E-state index is 13.1. The Balaban J connectivity index is 1.11. The highest BCUT2D eigenvalue weighted by molar-refractivity contribution is 7.10. The lowest BCUT2D eigenvalue weighted by Gasteiger charge is -2.39. The number of carbonyl (C=O) groups is 3. The van der Waals surface area contributed by atoms with Crippen molar-refractivity contribution < 1.29 is 19.1 Å². The molecule has 2 fully saturated rings. The molecular weight excluding hydrogens is 520 g/mol. The van der Waals surface area contributed by atoms with Crippen molar-refractivity contribution >= 4 is 40.9 Å². The molecule has 5 heterocycles. The van der Waals surface area contributed by atoms with Gasteiger partial charge in [-0.15, -0.1) is 11.3 Å². The summed E-state index contributed by atoms with van der Waals surface area (Å²) in [4.78, 5) is 57.1. The van der Waals surface area contributed by atoms with Gasteiger partial charge >= 0.3 is 12.0 Å². The third-order valence-corrected chi connectivity index (χ3v) is 7.98. The summed E-state index contributed by atoms with van der Waals surface area (Å²) >= 11 is 1.45. The molecule has 0 aromatic carbocycles. The molecule has 2 aliphatic heterocycles. The Labute approximate surface area is 230 Å². The minimum atomic E-state index is -0.548. The van der Waals surface area contributed by atoms with Gasteiger partial charge in [-0.05, 0) is 31.9 Å². The Bertz CT molecular complexity index is 1310. The van der Waals surface area contributed by atoms with Crippen molar-refractivity contribution in [2.24, 2.45) is 7.05 Å². The molecule has 0 aliphatic carbocycles. The fourth-order valence-electron chi connectivity index (χ4n) is 4.86. The molecule has 2 saturated heterocycles. The summed E-state index contributed by atoms with van der Waals surface area (Å²) in [6.07, 6.45) is 4.95. The number of amides is 3. The number of hydrogen-bond acceptors (Lipinski definition) is 9. The Morgan fingerprint density at radius 2 is 1.79 bits per heavy atom. The Morgan fingerprint density at radius 1 is 1.05 bits per heavy atom. The average molecular weight is 553 g/mol. The lowest BCUT2D eigenvalue weighted by Crippen LogP contribution is -2.54. The van der Waals surface area contributed by atoms with E-state index in [-0.39, 0.29) is 36.1 Å². The van der Waals surface area contributed by atoms with Gasteiger partial charge in [-0.2, -0.15) is 0 Å². The highest BCUT2D eigenvalue weighted by Gasteiger charge is 2.30. The molecule has 0 bridgehead atoms. The van der Waals surface area contributed by atoms with Crippen LogP contribution in [0.2, 0.25) is 0 Å². The number of nitrogens with one attached hydrogen (secondary N) is 1. The van der Waals surface area contributed by atoms with Crippen molar-refractivity contribution in [2.75, 3.05) is 56.1 Å². The van der Waals surface area contributed by atoms with Crippen LogP contribution in [0.3, 0.4) is 0 Å². The number of nitrogens with zero attached hydrogens (tertiary/aromatic N) is 7. The van der Waals surface area contributed by atoms with E-state index in [1.54, 1.807) is 31.7 Å². The van der Waals surface area contributed by atoms with Crippen molar-refractivity contribution in [2.45, 2.75) is 25.7 Å². The topological polar surface area (TPSA) is 126 Å². The van der Waals surface area contributed by atoms with Crippen molar-refractivity contribution in [3.8, 4) is 0 Å². The zero-order valence-corrected chi connectivity index (χ0v) is 22.9. The Kier molecular flexibility index (Phi) is 8.05. The fraction of sp³-hybridized carbons (Fsp3) is 0.462. The molecule has 0 spiro atoms. The summed E-state index contributed by atoms with van der Waals surface area (Å²) in [5, 5.41) is 5.33. The molecule has 0 saturated carbocycles. The van der Waals surface area contributed by atoms with Crippen LogP contribution >= 0.6 is 11.3 Å². The van der Waals surface area contributed by atoms with Crippen LogP contribution in [-0.4, -0.2) is 93.1 Å². The van der Waals surface area contributed by atoms with E-state index >= 15 is 0 Å². The molecule has 0 atom stereocenters. The van der Waals surface area contributed by atoms with Gasteiger partial charge in [0, 0.05) is 70.0 Å². The first-order valence-electron chi connectivity index (χ1n) is 13.1. The first-order valence-corrected chi connectivity index (χ1v) is 14.0. The summed E-state index contributed by atoms with van der Waals surface area (Å²) < 4.78 is 6.49. The molecular formula is C26H32N8O4S. The molecule has 12 nitrogen and oxygen atoms in total. The largest absolute Gasteiger partial charge is 0.460 e. The van der Waals surface area contributed by atoms with Gasteiger partial charge in [0.25, 0.3) is 5.91 Å². The quantitative estimate of drug-likeness (QED) is 0.463. The van der Waals surface area contributed by atoms with Crippen LogP contribution in [0.1, 0.15) is 51.8 Å². The molecule has 0 unspecified atom stereocenters. The predicted molar refractivity (Wildman–Crippen MR) is 146 cm³/mol. The third-order valence-electron chi connectivity index (χ3n) is 6.97. The second-order valence-corrected chi connectivity index (χ2v) is 10.4. The number of ether oxygens (including phenoxy) is 1. The van der Waals surface area contributed by atoms with Gasteiger partial charge in [-0.25, -0.2) is 24.5 Å². The van der Waals surface area contributed by atoms with Gasteiger partial charge in [0.05, 0.1) is 11.6 Å². The fourth-order valence-corrected chi connectivity index (χ4v) is 5.83. The number of anilines is 2. The molecule has 2 aliphatic rings. The van der Waals surface area contributed by atoms with E-state index < -0.39 is 5.97 Å². The first-order chi connectivity index (χ1) is 18.9. The number of rotatable bonds is 6. The molecule has 1 N–H and O–H groups in total. The molecule has 39 heavy (non-hydrogen) atoms. The molecule has 206 valence electrons. The predicted octanol–water partition coefficient (Wildman–Crippen LogP) is 2.82. The summed E-state index contributed by atoms with van der Waals surface area (Å²) in [5.74, 6) is 0.585. The number of aromatic nitrogens is 4. The summed E-state index contributed by atoms with van der Waals surface area (Å²) in [7, 11) is 1.66. The van der Waals surface area contributed by atoms with Crippen LogP contribution in [0, 0.1) is 0 Å². The number of pyridine rings is 1. The lowest BCUT2D eigenvalue weighted by molar-refractivity contribution is 0.0507.